The highest BCUT2D eigenvalue weighted by molar-refractivity contribution is 7.79. The second kappa shape index (κ2) is 12.2. The second-order valence-corrected chi connectivity index (χ2v) is 7.54. The molecule has 0 heterocycles. The van der Waals surface area contributed by atoms with Crippen molar-refractivity contribution >= 4 is 24.6 Å². The van der Waals surface area contributed by atoms with Gasteiger partial charge < -0.3 is 31.6 Å². The predicted octanol–water partition coefficient (Wildman–Crippen LogP) is -1.19. The molecular formula is C12H30B2N2O8S. The van der Waals surface area contributed by atoms with Gasteiger partial charge in [0.15, 0.2) is 0 Å². The molecule has 0 radical (unpaired) electrons. The third-order valence-corrected chi connectivity index (χ3v) is 4.35. The topological polar surface area (TPSA) is 208 Å². The van der Waals surface area contributed by atoms with E-state index in [4.69, 9.17) is 49.1 Å². The van der Waals surface area contributed by atoms with E-state index in [2.05, 4.69) is 0 Å². The third-order valence-electron chi connectivity index (χ3n) is 4.35. The SMILES string of the molecule is NC1CCCC(B(O)O)C1.NC1CCCC(B(O)O)C1.O=S(=O)(O)O. The van der Waals surface area contributed by atoms with Gasteiger partial charge in [-0.15, -0.1) is 0 Å². The minimum atomic E-state index is -4.67. The van der Waals surface area contributed by atoms with Crippen molar-refractivity contribution in [1.29, 1.82) is 0 Å². The van der Waals surface area contributed by atoms with Gasteiger partial charge in [0, 0.05) is 12.1 Å². The molecule has 4 unspecified atom stereocenters. The molecule has 0 aromatic carbocycles. The lowest BCUT2D eigenvalue weighted by molar-refractivity contribution is 0.336. The van der Waals surface area contributed by atoms with Gasteiger partial charge in [-0.2, -0.15) is 8.42 Å². The largest absolute Gasteiger partial charge is 0.454 e. The Morgan fingerprint density at radius 2 is 1.00 bits per heavy atom. The lowest BCUT2D eigenvalue weighted by Gasteiger charge is -2.25. The van der Waals surface area contributed by atoms with Crippen LogP contribution in [-0.4, -0.2) is 63.9 Å². The van der Waals surface area contributed by atoms with Crippen molar-refractivity contribution in [3.05, 3.63) is 0 Å². The van der Waals surface area contributed by atoms with E-state index in [1.54, 1.807) is 0 Å². The van der Waals surface area contributed by atoms with Crippen molar-refractivity contribution in [2.45, 2.75) is 75.1 Å². The zero-order valence-electron chi connectivity index (χ0n) is 14.2. The van der Waals surface area contributed by atoms with Crippen LogP contribution in [0.1, 0.15) is 51.4 Å². The minimum absolute atomic E-state index is 0.0174. The Morgan fingerprint density at radius 3 is 1.16 bits per heavy atom. The lowest BCUT2D eigenvalue weighted by Crippen LogP contribution is -2.32. The van der Waals surface area contributed by atoms with E-state index in [0.717, 1.165) is 51.4 Å². The van der Waals surface area contributed by atoms with Crippen LogP contribution in [0.3, 0.4) is 0 Å². The number of nitrogens with two attached hydrogens (primary N) is 2. The molecule has 2 aliphatic rings. The highest BCUT2D eigenvalue weighted by Crippen LogP contribution is 2.29. The van der Waals surface area contributed by atoms with Gasteiger partial charge in [-0.25, -0.2) is 0 Å². The fourth-order valence-electron chi connectivity index (χ4n) is 3.08. The Bertz CT molecular complexity index is 420. The van der Waals surface area contributed by atoms with Crippen molar-refractivity contribution < 1.29 is 37.6 Å². The summed E-state index contributed by atoms with van der Waals surface area (Å²) in [5.74, 6) is 0.0347. The number of hydrogen-bond donors (Lipinski definition) is 8. The molecule has 10 nitrogen and oxygen atoms in total. The molecule has 2 aliphatic carbocycles. The zero-order valence-corrected chi connectivity index (χ0v) is 15.0. The quantitative estimate of drug-likeness (QED) is 0.211. The molecule has 10 N–H and O–H groups in total. The molecule has 0 amide bonds. The first kappa shape index (κ1) is 24.8. The van der Waals surface area contributed by atoms with E-state index in [1.165, 1.54) is 0 Å². The van der Waals surface area contributed by atoms with Crippen molar-refractivity contribution in [3.8, 4) is 0 Å². The van der Waals surface area contributed by atoms with Crippen LogP contribution in [0.15, 0.2) is 0 Å². The van der Waals surface area contributed by atoms with Crippen molar-refractivity contribution in [2.75, 3.05) is 0 Å². The standard InChI is InChI=1S/2C6H14BNO2.H2O4S/c2*8-6-3-1-2-5(4-6)7(9)10;1-5(2,3)4/h2*5-6,9-10H,1-4,8H2;(H2,1,2,3,4). The van der Waals surface area contributed by atoms with E-state index >= 15 is 0 Å². The highest BCUT2D eigenvalue weighted by atomic mass is 32.3. The molecule has 0 saturated heterocycles. The first-order valence-electron chi connectivity index (χ1n) is 8.33. The molecule has 4 atom stereocenters. The van der Waals surface area contributed by atoms with Gasteiger partial charge in [0.05, 0.1) is 0 Å². The second-order valence-electron chi connectivity index (χ2n) is 6.65. The average Bonchev–Trinajstić information content (AvgIpc) is 2.46. The monoisotopic (exact) mass is 384 g/mol. The van der Waals surface area contributed by atoms with E-state index in [-0.39, 0.29) is 23.7 Å². The van der Waals surface area contributed by atoms with Gasteiger partial charge in [-0.1, -0.05) is 25.7 Å². The Kier molecular flexibility index (Phi) is 12.1. The maximum Gasteiger partial charge on any atom is 0.454 e. The molecule has 0 bridgehead atoms. The molecule has 13 heteroatoms. The lowest BCUT2D eigenvalue weighted by atomic mass is 9.64. The smallest absolute Gasteiger partial charge is 0.427 e. The fraction of sp³-hybridized carbons (Fsp3) is 1.00. The highest BCUT2D eigenvalue weighted by Gasteiger charge is 2.28. The van der Waals surface area contributed by atoms with Crippen LogP contribution < -0.4 is 11.5 Å². The first-order valence-corrected chi connectivity index (χ1v) is 9.73. The molecule has 0 aliphatic heterocycles. The molecule has 2 fully saturated rings. The Balaban J connectivity index is 0.000000368. The van der Waals surface area contributed by atoms with Crippen LogP contribution >= 0.6 is 0 Å². The molecule has 2 rings (SSSR count). The molecule has 0 spiro atoms. The van der Waals surface area contributed by atoms with Crippen molar-refractivity contribution in [2.24, 2.45) is 11.5 Å². The summed E-state index contributed by atoms with van der Waals surface area (Å²) in [7, 11) is -6.99. The van der Waals surface area contributed by atoms with Crippen LogP contribution in [0.2, 0.25) is 11.6 Å². The fourth-order valence-corrected chi connectivity index (χ4v) is 3.08. The zero-order chi connectivity index (χ0) is 19.6. The average molecular weight is 384 g/mol. The molecule has 0 aromatic heterocycles. The van der Waals surface area contributed by atoms with Crippen LogP contribution in [0.5, 0.6) is 0 Å². The van der Waals surface area contributed by atoms with E-state index < -0.39 is 24.6 Å². The van der Waals surface area contributed by atoms with E-state index in [9.17, 15) is 0 Å². The predicted molar refractivity (Wildman–Crippen MR) is 94.9 cm³/mol. The van der Waals surface area contributed by atoms with E-state index in [1.807, 2.05) is 0 Å². The number of hydrogen-bond acceptors (Lipinski definition) is 8. The van der Waals surface area contributed by atoms with Crippen LogP contribution in [-0.2, 0) is 10.4 Å². The molecular weight excluding hydrogens is 354 g/mol. The molecule has 2 saturated carbocycles. The number of rotatable bonds is 2. The van der Waals surface area contributed by atoms with E-state index in [0.29, 0.717) is 0 Å². The Labute approximate surface area is 149 Å². The Hall–Kier alpha value is -0.240. The first-order chi connectivity index (χ1) is 11.4. The maximum absolute atomic E-state index is 8.79. The minimum Gasteiger partial charge on any atom is -0.427 e. The molecule has 25 heavy (non-hydrogen) atoms. The van der Waals surface area contributed by atoms with Crippen LogP contribution in [0.25, 0.3) is 0 Å². The van der Waals surface area contributed by atoms with Crippen molar-refractivity contribution in [1.82, 2.24) is 0 Å². The summed E-state index contributed by atoms with van der Waals surface area (Å²) in [6.45, 7) is 0. The van der Waals surface area contributed by atoms with Gasteiger partial charge in [-0.05, 0) is 37.3 Å². The van der Waals surface area contributed by atoms with Gasteiger partial charge in [0.1, 0.15) is 0 Å². The summed E-state index contributed by atoms with van der Waals surface area (Å²) in [5.41, 5.74) is 11.3. The third kappa shape index (κ3) is 14.6. The van der Waals surface area contributed by atoms with Gasteiger partial charge in [0.25, 0.3) is 0 Å². The summed E-state index contributed by atoms with van der Waals surface area (Å²) in [4.78, 5) is 0. The summed E-state index contributed by atoms with van der Waals surface area (Å²) >= 11 is 0. The Morgan fingerprint density at radius 1 is 0.720 bits per heavy atom. The van der Waals surface area contributed by atoms with Crippen molar-refractivity contribution in [3.63, 3.8) is 0 Å². The molecule has 148 valence electrons. The molecule has 0 aromatic rings. The van der Waals surface area contributed by atoms with Gasteiger partial charge >= 0.3 is 24.6 Å². The summed E-state index contributed by atoms with van der Waals surface area (Å²) in [6, 6.07) is 0.362. The van der Waals surface area contributed by atoms with Crippen LogP contribution in [0, 0.1) is 0 Å². The summed E-state index contributed by atoms with van der Waals surface area (Å²) < 4.78 is 31.6. The van der Waals surface area contributed by atoms with Gasteiger partial charge in [0.2, 0.25) is 0 Å². The summed E-state index contributed by atoms with van der Waals surface area (Å²) in [5, 5.41) is 35.2. The maximum atomic E-state index is 8.79. The summed E-state index contributed by atoms with van der Waals surface area (Å²) in [6.07, 6.45) is 7.46. The van der Waals surface area contributed by atoms with Crippen LogP contribution in [0.4, 0.5) is 0 Å². The van der Waals surface area contributed by atoms with Gasteiger partial charge in [-0.3, -0.25) is 9.11 Å². The normalized spacial score (nSPS) is 29.4.